The third-order valence-corrected chi connectivity index (χ3v) is 4.95. The van der Waals surface area contributed by atoms with Gasteiger partial charge >= 0.3 is 12.4 Å². The number of benzene rings is 3. The van der Waals surface area contributed by atoms with Gasteiger partial charge < -0.3 is 10.6 Å². The molecule has 15 heteroatoms. The van der Waals surface area contributed by atoms with Crippen molar-refractivity contribution in [2.24, 2.45) is 0 Å². The molecule has 0 aliphatic rings. The highest BCUT2D eigenvalue weighted by molar-refractivity contribution is 5.85. The first-order valence-electron chi connectivity index (χ1n) is 9.96. The predicted molar refractivity (Wildman–Crippen MR) is 116 cm³/mol. The van der Waals surface area contributed by atoms with Gasteiger partial charge in [-0.05, 0) is 42.5 Å². The van der Waals surface area contributed by atoms with Crippen LogP contribution in [0, 0.1) is 21.7 Å². The predicted octanol–water partition coefficient (Wildman–Crippen LogP) is 7.34. The number of hydrogen-bond donors (Lipinski definition) is 2. The lowest BCUT2D eigenvalue weighted by Gasteiger charge is -2.16. The number of nitrogens with one attached hydrogen (secondary N) is 2. The summed E-state index contributed by atoms with van der Waals surface area (Å²) in [6.45, 7) is 0. The third-order valence-electron chi connectivity index (χ3n) is 4.95. The summed E-state index contributed by atoms with van der Waals surface area (Å²) in [4.78, 5) is 18.4. The van der Waals surface area contributed by atoms with E-state index in [0.29, 0.717) is 36.4 Å². The van der Waals surface area contributed by atoms with Crippen molar-refractivity contribution in [3.63, 3.8) is 0 Å². The molecule has 0 bridgehead atoms. The Balaban J connectivity index is 1.86. The fraction of sp³-hybridized carbons (Fsp3) is 0.0909. The highest BCUT2D eigenvalue weighted by Gasteiger charge is 2.32. The van der Waals surface area contributed by atoms with Gasteiger partial charge in [0.05, 0.1) is 38.5 Å². The van der Waals surface area contributed by atoms with Crippen molar-refractivity contribution < 1.29 is 40.0 Å². The molecule has 0 aliphatic heterocycles. The fourth-order valence-corrected chi connectivity index (χ4v) is 3.18. The highest BCUT2D eigenvalue weighted by atomic mass is 19.4. The smallest absolute Gasteiger partial charge is 0.335 e. The molecule has 0 saturated heterocycles. The van der Waals surface area contributed by atoms with Gasteiger partial charge in [0.15, 0.2) is 11.6 Å². The van der Waals surface area contributed by atoms with Gasteiger partial charge in [-0.1, -0.05) is 0 Å². The minimum absolute atomic E-state index is 0.0458. The van der Waals surface area contributed by atoms with Crippen LogP contribution in [0.1, 0.15) is 11.1 Å². The molecule has 0 fully saturated rings. The molecule has 7 nitrogen and oxygen atoms in total. The van der Waals surface area contributed by atoms with E-state index in [0.717, 1.165) is 18.2 Å². The van der Waals surface area contributed by atoms with E-state index >= 15 is 0 Å². The molecule has 37 heavy (non-hydrogen) atoms. The maximum Gasteiger partial charge on any atom is 0.416 e. The van der Waals surface area contributed by atoms with Gasteiger partial charge in [-0.15, -0.1) is 0 Å². The van der Waals surface area contributed by atoms with Crippen molar-refractivity contribution in [1.29, 1.82) is 0 Å². The molecule has 2 N–H and O–H groups in total. The summed E-state index contributed by atoms with van der Waals surface area (Å²) in [7, 11) is 0. The number of rotatable bonds is 5. The van der Waals surface area contributed by atoms with Gasteiger partial charge in [-0.2, -0.15) is 26.3 Å². The molecule has 0 saturated carbocycles. The second-order valence-electron chi connectivity index (χ2n) is 7.49. The quantitative estimate of drug-likeness (QED) is 0.160. The van der Waals surface area contributed by atoms with E-state index in [1.807, 2.05) is 0 Å². The first kappa shape index (κ1) is 25.5. The van der Waals surface area contributed by atoms with Crippen molar-refractivity contribution in [2.45, 2.75) is 12.4 Å². The van der Waals surface area contributed by atoms with Crippen molar-refractivity contribution in [2.75, 3.05) is 10.6 Å². The Morgan fingerprint density at radius 1 is 0.676 bits per heavy atom. The molecule has 1 aromatic heterocycles. The second kappa shape index (κ2) is 9.15. The number of hydrogen-bond acceptors (Lipinski definition) is 6. The van der Waals surface area contributed by atoms with Crippen molar-refractivity contribution in [3.8, 4) is 0 Å². The van der Waals surface area contributed by atoms with Crippen LogP contribution in [-0.4, -0.2) is 14.9 Å². The number of aromatic nitrogens is 2. The van der Waals surface area contributed by atoms with Crippen LogP contribution in [0.25, 0.3) is 11.0 Å². The number of nitrogens with zero attached hydrogens (tertiary/aromatic N) is 3. The van der Waals surface area contributed by atoms with E-state index in [2.05, 4.69) is 20.6 Å². The van der Waals surface area contributed by atoms with Gasteiger partial charge in [0.2, 0.25) is 0 Å². The molecule has 0 spiro atoms. The summed E-state index contributed by atoms with van der Waals surface area (Å²) in [6.07, 6.45) is -9.68. The minimum Gasteiger partial charge on any atom is -0.335 e. The summed E-state index contributed by atoms with van der Waals surface area (Å²) >= 11 is 0. The van der Waals surface area contributed by atoms with Crippen molar-refractivity contribution in [1.82, 2.24) is 9.97 Å². The summed E-state index contributed by atoms with van der Waals surface area (Å²) in [5.74, 6) is -3.36. The standard InChI is InChI=1S/C22H11F8N5O2/c23-13-4-1-10(21(25,26)27)7-16(13)32-19-20(33-17-8-11(22(28,29)30)2-5-14(17)24)34-18-9-12(35(36)37)3-6-15(18)31-19/h1-9H,(H,31,32)(H,33,34). The number of fused-ring (bicyclic) bond motifs is 1. The fourth-order valence-electron chi connectivity index (χ4n) is 3.18. The Morgan fingerprint density at radius 2 is 1.14 bits per heavy atom. The molecule has 4 aromatic rings. The molecular weight excluding hydrogens is 518 g/mol. The Labute approximate surface area is 200 Å². The molecule has 4 rings (SSSR count). The maximum absolute atomic E-state index is 14.4. The molecule has 1 heterocycles. The monoisotopic (exact) mass is 529 g/mol. The normalized spacial score (nSPS) is 12.0. The Hall–Kier alpha value is -4.56. The summed E-state index contributed by atoms with van der Waals surface area (Å²) in [6, 6.07) is 6.00. The Morgan fingerprint density at radius 3 is 1.57 bits per heavy atom. The van der Waals surface area contributed by atoms with E-state index in [4.69, 9.17) is 0 Å². The number of alkyl halides is 6. The van der Waals surface area contributed by atoms with Gasteiger partial charge in [0, 0.05) is 12.1 Å². The minimum atomic E-state index is -4.85. The van der Waals surface area contributed by atoms with Crippen molar-refractivity contribution >= 4 is 39.7 Å². The van der Waals surface area contributed by atoms with Gasteiger partial charge in [0.1, 0.15) is 11.6 Å². The van der Waals surface area contributed by atoms with Gasteiger partial charge in [-0.3, -0.25) is 10.1 Å². The number of halogens is 8. The van der Waals surface area contributed by atoms with Gasteiger partial charge in [0.25, 0.3) is 5.69 Å². The van der Waals surface area contributed by atoms with Crippen LogP contribution in [0.5, 0.6) is 0 Å². The summed E-state index contributed by atoms with van der Waals surface area (Å²) < 4.78 is 107. The Kier molecular flexibility index (Phi) is 6.31. The molecule has 0 atom stereocenters. The molecule has 0 radical (unpaired) electrons. The SMILES string of the molecule is O=[N+]([O-])c1ccc2nc(Nc3cc(C(F)(F)F)ccc3F)c(Nc3cc(C(F)(F)F)ccc3F)nc2c1. The zero-order valence-corrected chi connectivity index (χ0v) is 17.9. The van der Waals surface area contributed by atoms with E-state index in [-0.39, 0.29) is 11.0 Å². The first-order chi connectivity index (χ1) is 17.2. The van der Waals surface area contributed by atoms with Crippen LogP contribution in [0.2, 0.25) is 0 Å². The molecular formula is C22H11F8N5O2. The van der Waals surface area contributed by atoms with E-state index in [9.17, 15) is 45.2 Å². The van der Waals surface area contributed by atoms with Crippen LogP contribution in [0.15, 0.2) is 54.6 Å². The average Bonchev–Trinajstić information content (AvgIpc) is 2.80. The van der Waals surface area contributed by atoms with Crippen molar-refractivity contribution in [3.05, 3.63) is 87.5 Å². The zero-order valence-electron chi connectivity index (χ0n) is 17.9. The maximum atomic E-state index is 14.4. The second-order valence-corrected chi connectivity index (χ2v) is 7.49. The molecule has 0 aliphatic carbocycles. The zero-order chi connectivity index (χ0) is 27.1. The lowest BCUT2D eigenvalue weighted by atomic mass is 10.1. The third kappa shape index (κ3) is 5.49. The van der Waals surface area contributed by atoms with Gasteiger partial charge in [-0.25, -0.2) is 18.7 Å². The van der Waals surface area contributed by atoms with Crippen LogP contribution >= 0.6 is 0 Å². The van der Waals surface area contributed by atoms with E-state index in [1.165, 1.54) is 0 Å². The average molecular weight is 529 g/mol. The lowest BCUT2D eigenvalue weighted by molar-refractivity contribution is -0.384. The first-order valence-corrected chi connectivity index (χ1v) is 9.96. The molecule has 192 valence electrons. The largest absolute Gasteiger partial charge is 0.416 e. The molecule has 0 amide bonds. The Bertz CT molecular complexity index is 1520. The van der Waals surface area contributed by atoms with Crippen LogP contribution < -0.4 is 10.6 Å². The summed E-state index contributed by atoms with van der Waals surface area (Å²) in [5, 5.41) is 15.6. The number of non-ortho nitro benzene ring substituents is 1. The molecule has 0 unspecified atom stereocenters. The van der Waals surface area contributed by atoms with E-state index in [1.54, 1.807) is 0 Å². The molecule has 3 aromatic carbocycles. The number of anilines is 4. The van der Waals surface area contributed by atoms with Crippen LogP contribution in [-0.2, 0) is 12.4 Å². The van der Waals surface area contributed by atoms with Crippen LogP contribution in [0.3, 0.4) is 0 Å². The number of nitro groups is 1. The number of nitro benzene ring substituents is 1. The lowest BCUT2D eigenvalue weighted by Crippen LogP contribution is -2.09. The van der Waals surface area contributed by atoms with Crippen LogP contribution in [0.4, 0.5) is 63.8 Å². The highest BCUT2D eigenvalue weighted by Crippen LogP contribution is 2.36. The summed E-state index contributed by atoms with van der Waals surface area (Å²) in [5.41, 5.74) is -4.57. The topological polar surface area (TPSA) is 93.0 Å². The van der Waals surface area contributed by atoms with E-state index < -0.39 is 68.7 Å².